The molecule has 3 rings (SSSR count). The molecule has 0 radical (unpaired) electrons. The van der Waals surface area contributed by atoms with E-state index in [1.165, 1.54) is 0 Å². The summed E-state index contributed by atoms with van der Waals surface area (Å²) in [6, 6.07) is 8.65. The first kappa shape index (κ1) is 17.7. The van der Waals surface area contributed by atoms with Gasteiger partial charge in [-0.15, -0.1) is 0 Å². The molecule has 1 fully saturated rings. The Hall–Kier alpha value is -2.08. The van der Waals surface area contributed by atoms with Gasteiger partial charge in [-0.3, -0.25) is 4.90 Å². The van der Waals surface area contributed by atoms with Crippen molar-refractivity contribution in [1.82, 2.24) is 19.7 Å². The van der Waals surface area contributed by atoms with Crippen molar-refractivity contribution in [2.45, 2.75) is 51.7 Å². The second-order valence-electron chi connectivity index (χ2n) is 7.69. The summed E-state index contributed by atoms with van der Waals surface area (Å²) in [6.45, 7) is 9.49. The number of rotatable bonds is 5. The number of nitrogens with zero attached hydrogens (tertiary/aromatic N) is 4. The molecule has 0 amide bonds. The average molecular weight is 343 g/mol. The van der Waals surface area contributed by atoms with Crippen LogP contribution in [0.5, 0.6) is 5.75 Å². The maximum atomic E-state index is 5.29. The summed E-state index contributed by atoms with van der Waals surface area (Å²) in [7, 11) is 1.70. The number of hydrogen-bond donors (Lipinski definition) is 1. The van der Waals surface area contributed by atoms with Gasteiger partial charge in [-0.05, 0) is 45.7 Å². The van der Waals surface area contributed by atoms with Crippen LogP contribution in [0, 0.1) is 0 Å². The lowest BCUT2D eigenvalue weighted by molar-refractivity contribution is 0.196. The molecule has 25 heavy (non-hydrogen) atoms. The molecule has 0 unspecified atom stereocenters. The lowest BCUT2D eigenvalue weighted by Crippen LogP contribution is -2.39. The fourth-order valence-corrected chi connectivity index (χ4v) is 3.32. The minimum atomic E-state index is -0.0297. The lowest BCUT2D eigenvalue weighted by Gasteiger charge is -2.33. The van der Waals surface area contributed by atoms with Crippen molar-refractivity contribution >= 4 is 5.69 Å². The quantitative estimate of drug-likeness (QED) is 0.904. The number of aromatic nitrogens is 3. The molecule has 1 aliphatic heterocycles. The molecule has 0 spiro atoms. The molecule has 1 aromatic carbocycles. The maximum Gasteiger partial charge on any atom is 0.141 e. The Labute approximate surface area is 150 Å². The number of benzene rings is 1. The Balaban J connectivity index is 1.53. The van der Waals surface area contributed by atoms with Gasteiger partial charge in [-0.1, -0.05) is 6.07 Å². The fourth-order valence-electron chi connectivity index (χ4n) is 3.32. The van der Waals surface area contributed by atoms with Crippen LogP contribution >= 0.6 is 0 Å². The molecule has 0 saturated carbocycles. The summed E-state index contributed by atoms with van der Waals surface area (Å²) in [5.41, 5.74) is 1.10. The van der Waals surface area contributed by atoms with Crippen molar-refractivity contribution in [1.29, 1.82) is 0 Å². The summed E-state index contributed by atoms with van der Waals surface area (Å²) < 4.78 is 7.33. The number of ether oxygens (including phenoxy) is 1. The van der Waals surface area contributed by atoms with Crippen molar-refractivity contribution < 1.29 is 4.74 Å². The summed E-state index contributed by atoms with van der Waals surface area (Å²) in [4.78, 5) is 6.93. The van der Waals surface area contributed by atoms with E-state index >= 15 is 0 Å². The number of nitrogens with one attached hydrogen (secondary N) is 1. The first-order valence-electron chi connectivity index (χ1n) is 8.98. The Morgan fingerprint density at radius 3 is 2.68 bits per heavy atom. The zero-order chi connectivity index (χ0) is 17.9. The van der Waals surface area contributed by atoms with E-state index in [0.717, 1.165) is 49.7 Å². The van der Waals surface area contributed by atoms with Crippen molar-refractivity contribution in [3.8, 4) is 5.75 Å². The van der Waals surface area contributed by atoms with Crippen LogP contribution in [0.3, 0.4) is 0 Å². The highest BCUT2D eigenvalue weighted by molar-refractivity contribution is 5.48. The van der Waals surface area contributed by atoms with Gasteiger partial charge >= 0.3 is 0 Å². The zero-order valence-corrected chi connectivity index (χ0v) is 15.7. The van der Waals surface area contributed by atoms with Crippen molar-refractivity contribution in [3.63, 3.8) is 0 Å². The van der Waals surface area contributed by atoms with Crippen LogP contribution in [-0.2, 0) is 12.1 Å². The van der Waals surface area contributed by atoms with Crippen LogP contribution in [0.25, 0.3) is 0 Å². The molecular weight excluding hydrogens is 314 g/mol. The highest BCUT2D eigenvalue weighted by Gasteiger charge is 2.23. The topological polar surface area (TPSA) is 55.2 Å². The van der Waals surface area contributed by atoms with Crippen LogP contribution in [0.1, 0.15) is 39.4 Å². The van der Waals surface area contributed by atoms with E-state index in [-0.39, 0.29) is 5.54 Å². The summed E-state index contributed by atoms with van der Waals surface area (Å²) in [6.07, 6.45) is 3.92. The summed E-state index contributed by atoms with van der Waals surface area (Å²) >= 11 is 0. The Morgan fingerprint density at radius 1 is 1.24 bits per heavy atom. The molecule has 2 aromatic rings. The third-order valence-corrected chi connectivity index (χ3v) is 4.65. The minimum absolute atomic E-state index is 0.0297. The van der Waals surface area contributed by atoms with Crippen LogP contribution in [-0.4, -0.2) is 45.9 Å². The number of likely N-dealkylation sites (tertiary alicyclic amines) is 1. The average Bonchev–Trinajstić information content (AvgIpc) is 3.05. The molecule has 1 aliphatic rings. The molecule has 0 atom stereocenters. The summed E-state index contributed by atoms with van der Waals surface area (Å²) in [5, 5.41) is 8.03. The molecule has 1 aromatic heterocycles. The molecule has 6 heteroatoms. The maximum absolute atomic E-state index is 5.29. The summed E-state index contributed by atoms with van der Waals surface area (Å²) in [5.74, 6) is 1.94. The Bertz CT molecular complexity index is 683. The van der Waals surface area contributed by atoms with E-state index in [9.17, 15) is 0 Å². The Morgan fingerprint density at radius 2 is 2.00 bits per heavy atom. The normalized spacial score (nSPS) is 16.8. The van der Waals surface area contributed by atoms with E-state index in [1.54, 1.807) is 13.4 Å². The van der Waals surface area contributed by atoms with Crippen LogP contribution in [0.2, 0.25) is 0 Å². The van der Waals surface area contributed by atoms with Gasteiger partial charge in [0.1, 0.15) is 17.9 Å². The number of anilines is 1. The van der Waals surface area contributed by atoms with Crippen molar-refractivity contribution in [2.24, 2.45) is 0 Å². The molecule has 1 N–H and O–H groups in total. The van der Waals surface area contributed by atoms with Crippen LogP contribution < -0.4 is 10.1 Å². The molecule has 6 nitrogen and oxygen atoms in total. The third-order valence-electron chi connectivity index (χ3n) is 4.65. The van der Waals surface area contributed by atoms with Crippen molar-refractivity contribution in [2.75, 3.05) is 25.5 Å². The van der Waals surface area contributed by atoms with E-state index in [1.807, 2.05) is 16.8 Å². The van der Waals surface area contributed by atoms with Gasteiger partial charge in [0, 0.05) is 30.9 Å². The Kier molecular flexibility index (Phi) is 5.27. The molecule has 136 valence electrons. The third kappa shape index (κ3) is 4.51. The van der Waals surface area contributed by atoms with Crippen LogP contribution in [0.4, 0.5) is 5.69 Å². The van der Waals surface area contributed by atoms with Gasteiger partial charge in [0.05, 0.1) is 19.2 Å². The molecular formula is C19H29N5O. The zero-order valence-electron chi connectivity index (χ0n) is 15.7. The predicted octanol–water partition coefficient (Wildman–Crippen LogP) is 3.12. The van der Waals surface area contributed by atoms with Crippen LogP contribution in [0.15, 0.2) is 30.6 Å². The van der Waals surface area contributed by atoms with E-state index in [4.69, 9.17) is 4.74 Å². The molecule has 1 saturated heterocycles. The number of methoxy groups -OCH3 is 1. The first-order valence-corrected chi connectivity index (χ1v) is 8.98. The monoisotopic (exact) mass is 343 g/mol. The van der Waals surface area contributed by atoms with Gasteiger partial charge < -0.3 is 10.1 Å². The molecule has 0 bridgehead atoms. The highest BCUT2D eigenvalue weighted by atomic mass is 16.5. The molecule has 0 aliphatic carbocycles. The fraction of sp³-hybridized carbons (Fsp3) is 0.579. The SMILES string of the molecule is COc1cccc(NC2CCN(Cc3ncnn3C(C)(C)C)CC2)c1. The number of piperidine rings is 1. The van der Waals surface area contributed by atoms with Gasteiger partial charge in [-0.2, -0.15) is 5.10 Å². The number of hydrogen-bond acceptors (Lipinski definition) is 5. The van der Waals surface area contributed by atoms with Gasteiger partial charge in [0.25, 0.3) is 0 Å². The second kappa shape index (κ2) is 7.44. The lowest BCUT2D eigenvalue weighted by atomic mass is 10.0. The van der Waals surface area contributed by atoms with Crippen molar-refractivity contribution in [3.05, 3.63) is 36.4 Å². The first-order chi connectivity index (χ1) is 12.0. The van der Waals surface area contributed by atoms with E-state index in [2.05, 4.69) is 53.2 Å². The second-order valence-corrected chi connectivity index (χ2v) is 7.69. The van der Waals surface area contributed by atoms with Gasteiger partial charge in [0.15, 0.2) is 0 Å². The van der Waals surface area contributed by atoms with E-state index < -0.39 is 0 Å². The molecule has 2 heterocycles. The standard InChI is InChI=1S/C19H29N5O/c1-19(2,3)24-18(20-14-21-24)13-23-10-8-15(9-11-23)22-16-6-5-7-17(12-16)25-4/h5-7,12,14-15,22H,8-11,13H2,1-4H3. The smallest absolute Gasteiger partial charge is 0.141 e. The highest BCUT2D eigenvalue weighted by Crippen LogP contribution is 2.22. The van der Waals surface area contributed by atoms with Gasteiger partial charge in [0.2, 0.25) is 0 Å². The van der Waals surface area contributed by atoms with Gasteiger partial charge in [-0.25, -0.2) is 9.67 Å². The minimum Gasteiger partial charge on any atom is -0.497 e. The van der Waals surface area contributed by atoms with E-state index in [0.29, 0.717) is 6.04 Å². The predicted molar refractivity (Wildman–Crippen MR) is 99.9 cm³/mol. The largest absolute Gasteiger partial charge is 0.497 e.